The molecule has 3 rings (SSSR count). The van der Waals surface area contributed by atoms with Crippen molar-refractivity contribution >= 4 is 21.6 Å². The van der Waals surface area contributed by atoms with Gasteiger partial charge in [0.15, 0.2) is 6.61 Å². The molecule has 0 unspecified atom stereocenters. The van der Waals surface area contributed by atoms with E-state index in [1.54, 1.807) is 42.5 Å². The van der Waals surface area contributed by atoms with Crippen molar-refractivity contribution in [2.24, 2.45) is 0 Å². The van der Waals surface area contributed by atoms with Crippen molar-refractivity contribution in [1.29, 1.82) is 0 Å². The number of hydrogen-bond donors (Lipinski definition) is 0. The molecule has 0 saturated carbocycles. The Morgan fingerprint density at radius 3 is 2.10 bits per heavy atom. The van der Waals surface area contributed by atoms with E-state index in [4.69, 9.17) is 4.74 Å². The van der Waals surface area contributed by atoms with Crippen molar-refractivity contribution < 1.29 is 17.9 Å². The number of amides is 1. The minimum absolute atomic E-state index is 0.0509. The predicted molar refractivity (Wildman–Crippen MR) is 118 cm³/mol. The Hall–Kier alpha value is -3.12. The summed E-state index contributed by atoms with van der Waals surface area (Å²) < 4.78 is 33.1. The van der Waals surface area contributed by atoms with Gasteiger partial charge in [-0.15, -0.1) is 0 Å². The molecule has 0 atom stereocenters. The molecule has 0 radical (unpaired) electrons. The van der Waals surface area contributed by atoms with Crippen LogP contribution in [0.3, 0.4) is 0 Å². The van der Waals surface area contributed by atoms with Crippen LogP contribution < -0.4 is 9.04 Å². The van der Waals surface area contributed by atoms with E-state index in [2.05, 4.69) is 0 Å². The number of carbonyl (C=O) groups is 1. The van der Waals surface area contributed by atoms with Gasteiger partial charge in [-0.25, -0.2) is 8.42 Å². The number of rotatable bonds is 7. The standard InChI is InChI=1S/C24H25NO4S/c1-4-20-6-5-7-22(16-20)29-17-24(26)25(21-12-8-18(2)9-13-21)30(27,28)23-14-10-19(3)11-15-23/h5-16H,4,17H2,1-3H3. The van der Waals surface area contributed by atoms with E-state index in [-0.39, 0.29) is 10.6 Å². The molecule has 5 nitrogen and oxygen atoms in total. The van der Waals surface area contributed by atoms with Crippen LogP contribution >= 0.6 is 0 Å². The molecular weight excluding hydrogens is 398 g/mol. The van der Waals surface area contributed by atoms with E-state index >= 15 is 0 Å². The smallest absolute Gasteiger partial charge is 0.278 e. The molecule has 0 aliphatic carbocycles. The van der Waals surface area contributed by atoms with Gasteiger partial charge in [0.1, 0.15) is 5.75 Å². The lowest BCUT2D eigenvalue weighted by atomic mass is 10.2. The molecule has 6 heteroatoms. The van der Waals surface area contributed by atoms with Gasteiger partial charge in [0.25, 0.3) is 15.9 Å². The van der Waals surface area contributed by atoms with Gasteiger partial charge in [-0.3, -0.25) is 4.79 Å². The third-order valence-corrected chi connectivity index (χ3v) is 6.49. The number of hydrogen-bond acceptors (Lipinski definition) is 4. The van der Waals surface area contributed by atoms with Crippen molar-refractivity contribution in [3.8, 4) is 5.75 Å². The lowest BCUT2D eigenvalue weighted by molar-refractivity contribution is -0.119. The number of anilines is 1. The van der Waals surface area contributed by atoms with Crippen molar-refractivity contribution in [1.82, 2.24) is 0 Å². The molecule has 3 aromatic rings. The molecule has 0 aliphatic heterocycles. The first-order valence-corrected chi connectivity index (χ1v) is 11.2. The summed E-state index contributed by atoms with van der Waals surface area (Å²) in [7, 11) is -4.10. The molecule has 0 fully saturated rings. The van der Waals surface area contributed by atoms with Gasteiger partial charge in [0, 0.05) is 0 Å². The highest BCUT2D eigenvalue weighted by Gasteiger charge is 2.31. The molecule has 1 amide bonds. The Bertz CT molecular complexity index is 1120. The first-order valence-electron chi connectivity index (χ1n) is 9.74. The summed E-state index contributed by atoms with van der Waals surface area (Å²) >= 11 is 0. The van der Waals surface area contributed by atoms with Crippen molar-refractivity contribution in [3.63, 3.8) is 0 Å². The molecule has 3 aromatic carbocycles. The van der Waals surface area contributed by atoms with Crippen LogP contribution in [0.4, 0.5) is 5.69 Å². The third kappa shape index (κ3) is 4.89. The summed E-state index contributed by atoms with van der Waals surface area (Å²) in [6.45, 7) is 5.40. The van der Waals surface area contributed by atoms with Gasteiger partial charge < -0.3 is 4.74 Å². The molecule has 30 heavy (non-hydrogen) atoms. The Morgan fingerprint density at radius 2 is 1.50 bits per heavy atom. The van der Waals surface area contributed by atoms with Crippen LogP contribution in [0.25, 0.3) is 0 Å². The lowest BCUT2D eigenvalue weighted by Gasteiger charge is -2.23. The summed E-state index contributed by atoms with van der Waals surface area (Å²) in [5, 5.41) is 0. The molecule has 0 saturated heterocycles. The molecule has 0 aromatic heterocycles. The molecule has 0 N–H and O–H groups in total. The minimum atomic E-state index is -4.10. The van der Waals surface area contributed by atoms with Gasteiger partial charge in [0.2, 0.25) is 0 Å². The first kappa shape index (κ1) is 21.6. The van der Waals surface area contributed by atoms with Gasteiger partial charge in [-0.05, 0) is 62.2 Å². The van der Waals surface area contributed by atoms with Crippen LogP contribution in [0.1, 0.15) is 23.6 Å². The van der Waals surface area contributed by atoms with Crippen LogP contribution in [0.5, 0.6) is 5.75 Å². The summed E-state index contributed by atoms with van der Waals surface area (Å²) in [6, 6.07) is 20.6. The van der Waals surface area contributed by atoms with E-state index in [1.165, 1.54) is 12.1 Å². The normalized spacial score (nSPS) is 11.2. The number of benzene rings is 3. The van der Waals surface area contributed by atoms with Crippen LogP contribution in [0, 0.1) is 13.8 Å². The van der Waals surface area contributed by atoms with E-state index < -0.39 is 22.5 Å². The maximum Gasteiger partial charge on any atom is 0.278 e. The van der Waals surface area contributed by atoms with Gasteiger partial charge >= 0.3 is 0 Å². The molecule has 0 spiro atoms. The summed E-state index contributed by atoms with van der Waals surface area (Å²) in [6.07, 6.45) is 0.836. The van der Waals surface area contributed by atoms with Crippen molar-refractivity contribution in [2.75, 3.05) is 10.9 Å². The largest absolute Gasteiger partial charge is 0.484 e. The Labute approximate surface area is 178 Å². The van der Waals surface area contributed by atoms with E-state index in [9.17, 15) is 13.2 Å². The zero-order valence-electron chi connectivity index (χ0n) is 17.3. The Morgan fingerprint density at radius 1 is 0.900 bits per heavy atom. The first-order chi connectivity index (χ1) is 14.3. The minimum Gasteiger partial charge on any atom is -0.484 e. The molecule has 0 bridgehead atoms. The second-order valence-electron chi connectivity index (χ2n) is 7.10. The van der Waals surface area contributed by atoms with Crippen LogP contribution in [-0.4, -0.2) is 20.9 Å². The highest BCUT2D eigenvalue weighted by Crippen LogP contribution is 2.25. The topological polar surface area (TPSA) is 63.7 Å². The zero-order chi connectivity index (χ0) is 21.7. The number of aryl methyl sites for hydroxylation is 3. The predicted octanol–water partition coefficient (Wildman–Crippen LogP) is 4.67. The maximum absolute atomic E-state index is 13.3. The fourth-order valence-corrected chi connectivity index (χ4v) is 4.38. The second kappa shape index (κ2) is 9.13. The Balaban J connectivity index is 1.93. The lowest BCUT2D eigenvalue weighted by Crippen LogP contribution is -2.40. The average molecular weight is 424 g/mol. The van der Waals surface area contributed by atoms with Gasteiger partial charge in [-0.2, -0.15) is 4.31 Å². The molecule has 0 heterocycles. The van der Waals surface area contributed by atoms with Crippen LogP contribution in [-0.2, 0) is 21.2 Å². The summed E-state index contributed by atoms with van der Waals surface area (Å²) in [5.74, 6) is -0.138. The fourth-order valence-electron chi connectivity index (χ4n) is 2.97. The summed E-state index contributed by atoms with van der Waals surface area (Å²) in [4.78, 5) is 13.1. The average Bonchev–Trinajstić information content (AvgIpc) is 2.74. The van der Waals surface area contributed by atoms with E-state index in [0.717, 1.165) is 27.4 Å². The van der Waals surface area contributed by atoms with Gasteiger partial charge in [0.05, 0.1) is 10.6 Å². The quantitative estimate of drug-likeness (QED) is 0.554. The molecular formula is C24H25NO4S. The molecule has 0 aliphatic rings. The summed E-state index contributed by atoms with van der Waals surface area (Å²) in [5.41, 5.74) is 3.24. The van der Waals surface area contributed by atoms with Crippen molar-refractivity contribution in [3.05, 3.63) is 89.5 Å². The van der Waals surface area contributed by atoms with E-state index in [0.29, 0.717) is 5.75 Å². The third-order valence-electron chi connectivity index (χ3n) is 4.72. The fraction of sp³-hybridized carbons (Fsp3) is 0.208. The Kier molecular flexibility index (Phi) is 6.57. The van der Waals surface area contributed by atoms with E-state index in [1.807, 2.05) is 39.0 Å². The SMILES string of the molecule is CCc1cccc(OCC(=O)N(c2ccc(C)cc2)S(=O)(=O)c2ccc(C)cc2)c1. The van der Waals surface area contributed by atoms with Gasteiger partial charge in [-0.1, -0.05) is 54.4 Å². The number of nitrogens with zero attached hydrogens (tertiary/aromatic N) is 1. The highest BCUT2D eigenvalue weighted by atomic mass is 32.2. The zero-order valence-corrected chi connectivity index (χ0v) is 18.1. The van der Waals surface area contributed by atoms with Crippen LogP contribution in [0.2, 0.25) is 0 Å². The molecule has 156 valence electrons. The number of ether oxygens (including phenoxy) is 1. The number of sulfonamides is 1. The second-order valence-corrected chi connectivity index (χ2v) is 8.89. The number of carbonyl (C=O) groups excluding carboxylic acids is 1. The maximum atomic E-state index is 13.3. The highest BCUT2D eigenvalue weighted by molar-refractivity contribution is 7.93. The van der Waals surface area contributed by atoms with Crippen molar-refractivity contribution in [2.45, 2.75) is 32.1 Å². The monoisotopic (exact) mass is 423 g/mol. The van der Waals surface area contributed by atoms with Crippen LogP contribution in [0.15, 0.2) is 77.7 Å².